The number of carboxylic acid groups (broad SMARTS) is 1. The number of fused-ring (bicyclic) bond motifs is 3. The smallest absolute Gasteiger partial charge is 0.407 e. The van der Waals surface area contributed by atoms with Gasteiger partial charge in [0.1, 0.15) is 12.6 Å². The summed E-state index contributed by atoms with van der Waals surface area (Å²) < 4.78 is 5.59. The maximum atomic E-state index is 12.7. The fraction of sp³-hybridized carbons (Fsp3) is 0.444. The summed E-state index contributed by atoms with van der Waals surface area (Å²) in [5.74, 6) is 0.0161. The molecule has 0 spiro atoms. The third-order valence-corrected chi connectivity index (χ3v) is 8.69. The average molecular weight is 495 g/mol. The van der Waals surface area contributed by atoms with Crippen LogP contribution >= 0.6 is 11.8 Å². The van der Waals surface area contributed by atoms with Gasteiger partial charge in [-0.3, -0.25) is 4.79 Å². The molecule has 3 aliphatic rings. The zero-order valence-electron chi connectivity index (χ0n) is 19.7. The lowest BCUT2D eigenvalue weighted by atomic mass is 9.73. The zero-order chi connectivity index (χ0) is 24.5. The van der Waals surface area contributed by atoms with Crippen LogP contribution in [-0.4, -0.2) is 58.3 Å². The highest BCUT2D eigenvalue weighted by Crippen LogP contribution is 2.44. The highest BCUT2D eigenvalue weighted by atomic mass is 32.2. The molecule has 0 aromatic heterocycles. The number of ether oxygens (including phenoxy) is 1. The number of carbonyl (C=O) groups is 3. The van der Waals surface area contributed by atoms with E-state index in [4.69, 9.17) is 4.74 Å². The van der Waals surface area contributed by atoms with Crippen molar-refractivity contribution in [2.45, 2.75) is 43.5 Å². The number of benzene rings is 2. The van der Waals surface area contributed by atoms with E-state index in [0.29, 0.717) is 31.2 Å². The van der Waals surface area contributed by atoms with Crippen LogP contribution in [0.3, 0.4) is 0 Å². The average Bonchev–Trinajstić information content (AvgIpc) is 3.37. The summed E-state index contributed by atoms with van der Waals surface area (Å²) in [7, 11) is 0. The van der Waals surface area contributed by atoms with Gasteiger partial charge in [0, 0.05) is 24.6 Å². The molecule has 2 aromatic carbocycles. The number of carboxylic acids is 1. The van der Waals surface area contributed by atoms with Crippen molar-refractivity contribution in [1.29, 1.82) is 0 Å². The van der Waals surface area contributed by atoms with Gasteiger partial charge in [0.2, 0.25) is 5.91 Å². The van der Waals surface area contributed by atoms with E-state index in [9.17, 15) is 19.5 Å². The minimum Gasteiger partial charge on any atom is -0.480 e. The fourth-order valence-corrected chi connectivity index (χ4v) is 6.84. The van der Waals surface area contributed by atoms with Crippen LogP contribution in [0.1, 0.15) is 43.2 Å². The Balaban J connectivity index is 1.06. The monoisotopic (exact) mass is 494 g/mol. The fourth-order valence-electron chi connectivity index (χ4n) is 5.65. The molecule has 5 rings (SSSR count). The second kappa shape index (κ2) is 9.93. The van der Waals surface area contributed by atoms with Gasteiger partial charge >= 0.3 is 12.1 Å². The molecule has 1 saturated heterocycles. The molecule has 0 radical (unpaired) electrons. The Hall–Kier alpha value is -3.00. The second-order valence-corrected chi connectivity index (χ2v) is 11.1. The van der Waals surface area contributed by atoms with Gasteiger partial charge in [-0.1, -0.05) is 48.5 Å². The number of nitrogens with one attached hydrogen (secondary N) is 1. The molecule has 2 N–H and O–H groups in total. The van der Waals surface area contributed by atoms with Gasteiger partial charge in [-0.25, -0.2) is 9.59 Å². The Morgan fingerprint density at radius 3 is 2.29 bits per heavy atom. The number of amides is 2. The molecular weight excluding hydrogens is 464 g/mol. The molecule has 8 heteroatoms. The number of aliphatic carboxylic acids is 1. The normalized spacial score (nSPS) is 24.9. The van der Waals surface area contributed by atoms with E-state index in [-0.39, 0.29) is 23.1 Å². The quantitative estimate of drug-likeness (QED) is 0.595. The predicted molar refractivity (Wildman–Crippen MR) is 134 cm³/mol. The SMILES string of the molecule is CC1SCC(C(=O)O)N1C(=O)CC1CC(CNC(=O)OCC2c3ccccc3-c3ccccc32)C1. The van der Waals surface area contributed by atoms with E-state index in [1.807, 2.05) is 31.2 Å². The van der Waals surface area contributed by atoms with Gasteiger partial charge in [0.25, 0.3) is 0 Å². The first-order chi connectivity index (χ1) is 16.9. The molecule has 1 aliphatic heterocycles. The lowest BCUT2D eigenvalue weighted by molar-refractivity contribution is -0.149. The van der Waals surface area contributed by atoms with Crippen LogP contribution in [0.25, 0.3) is 11.1 Å². The van der Waals surface area contributed by atoms with Crippen molar-refractivity contribution in [3.63, 3.8) is 0 Å². The molecule has 2 unspecified atom stereocenters. The van der Waals surface area contributed by atoms with Crippen LogP contribution in [0.15, 0.2) is 48.5 Å². The third-order valence-electron chi connectivity index (χ3n) is 7.47. The Kier molecular flexibility index (Phi) is 6.73. The minimum absolute atomic E-state index is 0.0352. The summed E-state index contributed by atoms with van der Waals surface area (Å²) >= 11 is 1.50. The first kappa shape index (κ1) is 23.7. The summed E-state index contributed by atoms with van der Waals surface area (Å²) in [4.78, 5) is 38.0. The number of carbonyl (C=O) groups excluding carboxylic acids is 2. The summed E-state index contributed by atoms with van der Waals surface area (Å²) in [6.07, 6.45) is 1.65. The van der Waals surface area contributed by atoms with Gasteiger partial charge in [0.15, 0.2) is 0 Å². The molecule has 1 heterocycles. The van der Waals surface area contributed by atoms with E-state index in [2.05, 4.69) is 29.6 Å². The van der Waals surface area contributed by atoms with Gasteiger partial charge in [0.05, 0.1) is 5.37 Å². The first-order valence-electron chi connectivity index (χ1n) is 12.2. The van der Waals surface area contributed by atoms with Crippen molar-refractivity contribution < 1.29 is 24.2 Å². The van der Waals surface area contributed by atoms with Crippen LogP contribution in [-0.2, 0) is 14.3 Å². The van der Waals surface area contributed by atoms with Gasteiger partial charge in [-0.05, 0) is 53.9 Å². The first-order valence-corrected chi connectivity index (χ1v) is 13.2. The maximum Gasteiger partial charge on any atom is 0.407 e. The summed E-state index contributed by atoms with van der Waals surface area (Å²) in [6.45, 7) is 2.70. The topological polar surface area (TPSA) is 95.9 Å². The molecule has 2 atom stereocenters. The summed E-state index contributed by atoms with van der Waals surface area (Å²) in [5.41, 5.74) is 4.76. The Labute approximate surface area is 209 Å². The van der Waals surface area contributed by atoms with Crippen LogP contribution in [0.5, 0.6) is 0 Å². The van der Waals surface area contributed by atoms with Gasteiger partial charge < -0.3 is 20.1 Å². The van der Waals surface area contributed by atoms with Crippen molar-refractivity contribution in [2.75, 3.05) is 18.9 Å². The number of hydrogen-bond acceptors (Lipinski definition) is 5. The van der Waals surface area contributed by atoms with Crippen LogP contribution in [0.4, 0.5) is 4.79 Å². The number of rotatable bonds is 7. The third kappa shape index (κ3) is 4.76. The molecule has 2 fully saturated rings. The van der Waals surface area contributed by atoms with Crippen molar-refractivity contribution in [3.05, 3.63) is 59.7 Å². The van der Waals surface area contributed by atoms with Crippen LogP contribution in [0, 0.1) is 11.8 Å². The highest BCUT2D eigenvalue weighted by Gasteiger charge is 2.41. The van der Waals surface area contributed by atoms with Crippen molar-refractivity contribution in [1.82, 2.24) is 10.2 Å². The van der Waals surface area contributed by atoms with E-state index >= 15 is 0 Å². The van der Waals surface area contributed by atoms with E-state index in [1.54, 1.807) is 0 Å². The lowest BCUT2D eigenvalue weighted by Crippen LogP contribution is -2.46. The number of hydrogen-bond donors (Lipinski definition) is 2. The van der Waals surface area contributed by atoms with Gasteiger partial charge in [-0.2, -0.15) is 0 Å². The second-order valence-electron chi connectivity index (χ2n) is 9.70. The molecule has 184 valence electrons. The largest absolute Gasteiger partial charge is 0.480 e. The Bertz CT molecular complexity index is 1090. The van der Waals surface area contributed by atoms with E-state index in [0.717, 1.165) is 12.8 Å². The van der Waals surface area contributed by atoms with E-state index in [1.165, 1.54) is 38.9 Å². The summed E-state index contributed by atoms with van der Waals surface area (Å²) in [6, 6.07) is 15.8. The van der Waals surface area contributed by atoms with Crippen molar-refractivity contribution in [2.24, 2.45) is 11.8 Å². The number of thioether (sulfide) groups is 1. The molecule has 0 bridgehead atoms. The van der Waals surface area contributed by atoms with Crippen molar-refractivity contribution in [3.8, 4) is 11.1 Å². The standard InChI is InChI=1S/C27H30N2O5S/c1-16-29(24(15-35-16)26(31)32)25(30)12-17-10-18(11-17)13-28-27(33)34-14-23-21-8-4-2-6-19(21)20-7-3-5-9-22(20)23/h2-9,16-18,23-24H,10-15H2,1H3,(H,28,33)(H,31,32). The highest BCUT2D eigenvalue weighted by molar-refractivity contribution is 8.00. The predicted octanol–water partition coefficient (Wildman–Crippen LogP) is 4.32. The maximum absolute atomic E-state index is 12.7. The Morgan fingerprint density at radius 2 is 1.66 bits per heavy atom. The molecular formula is C27H30N2O5S. The lowest BCUT2D eigenvalue weighted by Gasteiger charge is -2.36. The number of alkyl carbamates (subject to hydrolysis) is 1. The molecule has 7 nitrogen and oxygen atoms in total. The molecule has 2 amide bonds. The summed E-state index contributed by atoms with van der Waals surface area (Å²) in [5, 5.41) is 12.1. The molecule has 1 saturated carbocycles. The number of nitrogens with zero attached hydrogens (tertiary/aromatic N) is 1. The van der Waals surface area contributed by atoms with E-state index < -0.39 is 18.1 Å². The van der Waals surface area contributed by atoms with Crippen LogP contribution in [0.2, 0.25) is 0 Å². The minimum atomic E-state index is -0.936. The Morgan fingerprint density at radius 1 is 1.03 bits per heavy atom. The van der Waals surface area contributed by atoms with Crippen molar-refractivity contribution >= 4 is 29.7 Å². The van der Waals surface area contributed by atoms with Crippen LogP contribution < -0.4 is 5.32 Å². The molecule has 2 aliphatic carbocycles. The molecule has 35 heavy (non-hydrogen) atoms. The molecule has 2 aromatic rings. The zero-order valence-corrected chi connectivity index (χ0v) is 20.5. The van der Waals surface area contributed by atoms with Gasteiger partial charge in [-0.15, -0.1) is 11.8 Å².